The molecule has 21 heavy (non-hydrogen) atoms. The molecule has 1 aromatic rings. The van der Waals surface area contributed by atoms with Gasteiger partial charge in [0.15, 0.2) is 0 Å². The van der Waals surface area contributed by atoms with Crippen molar-refractivity contribution < 1.29 is 18.7 Å². The summed E-state index contributed by atoms with van der Waals surface area (Å²) in [6, 6.07) is 3.42. The highest BCUT2D eigenvalue weighted by molar-refractivity contribution is 5.96. The van der Waals surface area contributed by atoms with E-state index in [1.807, 2.05) is 6.92 Å². The van der Waals surface area contributed by atoms with Gasteiger partial charge in [-0.2, -0.15) is 0 Å². The highest BCUT2D eigenvalue weighted by Gasteiger charge is 2.21. The predicted molar refractivity (Wildman–Crippen MR) is 78.5 cm³/mol. The van der Waals surface area contributed by atoms with Gasteiger partial charge in [-0.05, 0) is 44.9 Å². The molecule has 114 valence electrons. The van der Waals surface area contributed by atoms with E-state index in [0.29, 0.717) is 12.0 Å². The topological polar surface area (TPSA) is 55.4 Å². The van der Waals surface area contributed by atoms with Crippen molar-refractivity contribution in [3.05, 3.63) is 47.3 Å². The van der Waals surface area contributed by atoms with Crippen LogP contribution in [0.4, 0.5) is 4.39 Å². The van der Waals surface area contributed by atoms with E-state index in [0.717, 1.165) is 6.07 Å². The van der Waals surface area contributed by atoms with Crippen LogP contribution < -0.4 is 5.32 Å². The molecule has 0 saturated heterocycles. The summed E-state index contributed by atoms with van der Waals surface area (Å²) in [6.45, 7) is 5.37. The number of halogens is 1. The highest BCUT2D eigenvalue weighted by Crippen LogP contribution is 2.10. The fourth-order valence-corrected chi connectivity index (χ4v) is 1.70. The molecular weight excluding hydrogens is 273 g/mol. The lowest BCUT2D eigenvalue weighted by molar-refractivity contribution is -0.145. The summed E-state index contributed by atoms with van der Waals surface area (Å²) >= 11 is 0. The molecule has 1 amide bonds. The largest absolute Gasteiger partial charge is 0.464 e. The first-order valence-electron chi connectivity index (χ1n) is 6.84. The summed E-state index contributed by atoms with van der Waals surface area (Å²) < 4.78 is 18.4. The lowest BCUT2D eigenvalue weighted by Gasteiger charge is -2.16. The van der Waals surface area contributed by atoms with Gasteiger partial charge in [0.25, 0.3) is 5.91 Å². The minimum atomic E-state index is -0.780. The average Bonchev–Trinajstić information content (AvgIpc) is 2.46. The van der Waals surface area contributed by atoms with Crippen molar-refractivity contribution in [3.8, 4) is 0 Å². The number of hydrogen-bond donors (Lipinski definition) is 1. The van der Waals surface area contributed by atoms with E-state index in [-0.39, 0.29) is 12.2 Å². The number of esters is 1. The molecule has 0 heterocycles. The van der Waals surface area contributed by atoms with Crippen molar-refractivity contribution in [2.24, 2.45) is 0 Å². The third-order valence-corrected chi connectivity index (χ3v) is 2.92. The van der Waals surface area contributed by atoms with Gasteiger partial charge >= 0.3 is 5.97 Å². The molecule has 0 saturated carbocycles. The second-order valence-electron chi connectivity index (χ2n) is 4.55. The quantitative estimate of drug-likeness (QED) is 0.648. The summed E-state index contributed by atoms with van der Waals surface area (Å²) in [5.74, 6) is -1.46. The smallest absolute Gasteiger partial charge is 0.328 e. The summed E-state index contributed by atoms with van der Waals surface area (Å²) in [6.07, 6.45) is 3.87. The Labute approximate surface area is 124 Å². The standard InChI is InChI=1S/C16H20FNO3/c1-4-6-7-14(16(20)21-5-2)18-15(19)12-9-8-11(3)13(17)10-12/h4,6,8-10,14H,5,7H2,1-3H3,(H,18,19). The van der Waals surface area contributed by atoms with Crippen molar-refractivity contribution in [1.82, 2.24) is 5.32 Å². The molecule has 0 aliphatic rings. The van der Waals surface area contributed by atoms with Gasteiger partial charge in [-0.15, -0.1) is 0 Å². The maximum Gasteiger partial charge on any atom is 0.328 e. The van der Waals surface area contributed by atoms with E-state index in [4.69, 9.17) is 4.74 Å². The molecule has 1 aromatic carbocycles. The molecule has 4 nitrogen and oxygen atoms in total. The Morgan fingerprint density at radius 3 is 2.71 bits per heavy atom. The number of aryl methyl sites for hydroxylation is 1. The summed E-state index contributed by atoms with van der Waals surface area (Å²) in [5, 5.41) is 2.57. The lowest BCUT2D eigenvalue weighted by Crippen LogP contribution is -2.41. The number of carbonyl (C=O) groups excluding carboxylic acids is 2. The number of nitrogens with one attached hydrogen (secondary N) is 1. The maximum atomic E-state index is 13.5. The molecule has 5 heteroatoms. The zero-order valence-electron chi connectivity index (χ0n) is 12.5. The third-order valence-electron chi connectivity index (χ3n) is 2.92. The zero-order valence-corrected chi connectivity index (χ0v) is 12.5. The van der Waals surface area contributed by atoms with Crippen LogP contribution in [0.3, 0.4) is 0 Å². The van der Waals surface area contributed by atoms with E-state index >= 15 is 0 Å². The van der Waals surface area contributed by atoms with Gasteiger partial charge in [-0.3, -0.25) is 4.79 Å². The van der Waals surface area contributed by atoms with Gasteiger partial charge in [-0.1, -0.05) is 18.2 Å². The molecule has 0 fully saturated rings. The van der Waals surface area contributed by atoms with Gasteiger partial charge in [0.05, 0.1) is 6.61 Å². The Balaban J connectivity index is 2.83. The molecule has 0 aliphatic heterocycles. The molecule has 1 N–H and O–H groups in total. The highest BCUT2D eigenvalue weighted by atomic mass is 19.1. The van der Waals surface area contributed by atoms with Crippen LogP contribution in [-0.2, 0) is 9.53 Å². The van der Waals surface area contributed by atoms with Gasteiger partial charge in [0.2, 0.25) is 0 Å². The van der Waals surface area contributed by atoms with Crippen LogP contribution >= 0.6 is 0 Å². The Morgan fingerprint density at radius 2 is 2.14 bits per heavy atom. The minimum Gasteiger partial charge on any atom is -0.464 e. The first-order chi connectivity index (χ1) is 9.99. The molecule has 0 bridgehead atoms. The molecule has 1 unspecified atom stereocenters. The van der Waals surface area contributed by atoms with Crippen LogP contribution in [0, 0.1) is 12.7 Å². The minimum absolute atomic E-state index is 0.174. The van der Waals surface area contributed by atoms with Crippen LogP contribution in [-0.4, -0.2) is 24.5 Å². The van der Waals surface area contributed by atoms with Crippen molar-refractivity contribution in [1.29, 1.82) is 0 Å². The zero-order chi connectivity index (χ0) is 15.8. The first-order valence-corrected chi connectivity index (χ1v) is 6.84. The second kappa shape index (κ2) is 8.19. The van der Waals surface area contributed by atoms with Crippen molar-refractivity contribution >= 4 is 11.9 Å². The SMILES string of the molecule is CC=CCC(NC(=O)c1ccc(C)c(F)c1)C(=O)OCC. The molecular formula is C16H20FNO3. The van der Waals surface area contributed by atoms with E-state index in [9.17, 15) is 14.0 Å². The maximum absolute atomic E-state index is 13.5. The van der Waals surface area contributed by atoms with Crippen LogP contribution in [0.5, 0.6) is 0 Å². The molecule has 1 atom stereocenters. The molecule has 0 aliphatic carbocycles. The van der Waals surface area contributed by atoms with Gasteiger partial charge in [-0.25, -0.2) is 9.18 Å². The lowest BCUT2D eigenvalue weighted by atomic mass is 10.1. The van der Waals surface area contributed by atoms with Crippen molar-refractivity contribution in [2.75, 3.05) is 6.61 Å². The average molecular weight is 293 g/mol. The summed E-state index contributed by atoms with van der Waals surface area (Å²) in [7, 11) is 0. The fourth-order valence-electron chi connectivity index (χ4n) is 1.70. The van der Waals surface area contributed by atoms with E-state index in [2.05, 4.69) is 5.32 Å². The van der Waals surface area contributed by atoms with Gasteiger partial charge in [0, 0.05) is 5.56 Å². The first kappa shape index (κ1) is 16.9. The number of benzene rings is 1. The Kier molecular flexibility index (Phi) is 6.59. The summed E-state index contributed by atoms with van der Waals surface area (Å²) in [5.41, 5.74) is 0.635. The van der Waals surface area contributed by atoms with Crippen LogP contribution in [0.1, 0.15) is 36.2 Å². The predicted octanol–water partition coefficient (Wildman–Crippen LogP) is 2.76. The van der Waals surface area contributed by atoms with Gasteiger partial charge in [0.1, 0.15) is 11.9 Å². The molecule has 0 aromatic heterocycles. The number of amides is 1. The Morgan fingerprint density at radius 1 is 1.43 bits per heavy atom. The number of allylic oxidation sites excluding steroid dienone is 1. The Bertz CT molecular complexity index is 540. The van der Waals surface area contributed by atoms with Crippen LogP contribution in [0.25, 0.3) is 0 Å². The molecule has 1 rings (SSSR count). The number of carbonyl (C=O) groups is 2. The second-order valence-corrected chi connectivity index (χ2v) is 4.55. The van der Waals surface area contributed by atoms with E-state index in [1.165, 1.54) is 12.1 Å². The van der Waals surface area contributed by atoms with Crippen molar-refractivity contribution in [2.45, 2.75) is 33.2 Å². The Hall–Kier alpha value is -2.17. The number of hydrogen-bond acceptors (Lipinski definition) is 3. The molecule has 0 spiro atoms. The summed E-state index contributed by atoms with van der Waals surface area (Å²) in [4.78, 5) is 23.9. The third kappa shape index (κ3) is 5.02. The van der Waals surface area contributed by atoms with Gasteiger partial charge < -0.3 is 10.1 Å². The van der Waals surface area contributed by atoms with Crippen molar-refractivity contribution in [3.63, 3.8) is 0 Å². The molecule has 0 radical (unpaired) electrons. The fraction of sp³-hybridized carbons (Fsp3) is 0.375. The van der Waals surface area contributed by atoms with Crippen LogP contribution in [0.15, 0.2) is 30.4 Å². The van der Waals surface area contributed by atoms with Crippen LogP contribution in [0.2, 0.25) is 0 Å². The normalized spacial score (nSPS) is 12.2. The van der Waals surface area contributed by atoms with E-state index in [1.54, 1.807) is 26.0 Å². The number of rotatable bonds is 6. The number of ether oxygens (including phenoxy) is 1. The monoisotopic (exact) mass is 293 g/mol. The van der Waals surface area contributed by atoms with E-state index < -0.39 is 23.7 Å².